The van der Waals surface area contributed by atoms with Gasteiger partial charge in [0.25, 0.3) is 0 Å². The van der Waals surface area contributed by atoms with E-state index >= 15 is 0 Å². The lowest BCUT2D eigenvalue weighted by molar-refractivity contribution is -0.155. The third-order valence-corrected chi connectivity index (χ3v) is 18.7. The fraction of sp³-hybridized carbons (Fsp3) is 0.933. The molecule has 0 unspecified atom stereocenters. The van der Waals surface area contributed by atoms with Crippen molar-refractivity contribution in [2.75, 3.05) is 33.0 Å². The van der Waals surface area contributed by atoms with Crippen LogP contribution in [0.2, 0.25) is 0 Å². The fourth-order valence-corrected chi connectivity index (χ4v) is 16.8. The summed E-state index contributed by atoms with van der Waals surface area (Å²) in [6, 6.07) is 0. The van der Waals surface area contributed by atoms with E-state index in [2.05, 4.69) is 172 Å². The van der Waals surface area contributed by atoms with Gasteiger partial charge < -0.3 is 50.3 Å². The van der Waals surface area contributed by atoms with Crippen LogP contribution in [0.3, 0.4) is 0 Å². The van der Waals surface area contributed by atoms with Gasteiger partial charge in [-0.15, -0.1) is 0 Å². The van der Waals surface area contributed by atoms with E-state index in [9.17, 15) is 24.0 Å². The summed E-state index contributed by atoms with van der Waals surface area (Å²) in [5.41, 5.74) is -0.632. The van der Waals surface area contributed by atoms with E-state index in [0.29, 0.717) is 52.3 Å². The molecule has 5 aliphatic heterocycles. The second-order valence-electron chi connectivity index (χ2n) is 35.2. The van der Waals surface area contributed by atoms with Crippen molar-refractivity contribution in [3.8, 4) is 0 Å². The maximum absolute atomic E-state index is 12.5. The second kappa shape index (κ2) is 36.3. The van der Waals surface area contributed by atoms with Gasteiger partial charge in [-0.05, 0) is 222 Å². The Morgan fingerprint density at radius 3 is 0.533 bits per heavy atom. The number of hydrogen-bond acceptors (Lipinski definition) is 15. The van der Waals surface area contributed by atoms with Crippen molar-refractivity contribution in [1.82, 2.24) is 26.6 Å². The Morgan fingerprint density at radius 1 is 0.233 bits per heavy atom. The highest BCUT2D eigenvalue weighted by Gasteiger charge is 2.46. The van der Waals surface area contributed by atoms with Crippen molar-refractivity contribution in [2.24, 2.45) is 29.6 Å². The summed E-state index contributed by atoms with van der Waals surface area (Å²) in [5.74, 6) is -0.757. The number of unbranched alkanes of at least 4 members (excludes halogenated alkanes) is 16. The highest BCUT2D eigenvalue weighted by atomic mass is 16.6. The molecule has 0 radical (unpaired) electrons. The number of rotatable bonds is 31. The average molecular weight is 1270 g/mol. The predicted molar refractivity (Wildman–Crippen MR) is 368 cm³/mol. The Kier molecular flexibility index (Phi) is 32.8. The van der Waals surface area contributed by atoms with E-state index in [1.165, 1.54) is 96.3 Å². The first-order chi connectivity index (χ1) is 41.5. The van der Waals surface area contributed by atoms with Crippen LogP contribution in [0.25, 0.3) is 0 Å². The molecule has 0 aliphatic carbocycles. The maximum atomic E-state index is 12.5. The fourth-order valence-electron chi connectivity index (χ4n) is 16.8. The SMILES string of the molecule is CC1(C)CC(C(=O)OCCCCOC(=O)C2CC(C)(C)NC(C)(C)C2)CC(C)(C)N1.CC1(C)CC(C(=O)OCCCOC(=O)C2CC(C)(C)NC(C)(C)C2)CC(C)(C)N1.CCCCCCCCCCCCCCCCCCOC(=O)C1CC(C)(C)NC(C)(C)C1. The molecule has 526 valence electrons. The number of nitrogens with one attached hydrogen (secondary N) is 5. The molecule has 15 heteroatoms. The van der Waals surface area contributed by atoms with E-state index < -0.39 is 0 Å². The van der Waals surface area contributed by atoms with Crippen LogP contribution in [0.1, 0.15) is 332 Å². The van der Waals surface area contributed by atoms with E-state index in [4.69, 9.17) is 23.7 Å². The molecule has 0 aromatic heterocycles. The highest BCUT2D eigenvalue weighted by Crippen LogP contribution is 2.38. The lowest BCUT2D eigenvalue weighted by Gasteiger charge is -2.45. The average Bonchev–Trinajstić information content (AvgIpc) is 1.25. The Balaban J connectivity index is 0.000000353. The largest absolute Gasteiger partial charge is 0.465 e. The molecule has 0 aromatic rings. The zero-order chi connectivity index (χ0) is 67.9. The molecule has 0 spiro atoms. The minimum absolute atomic E-state index is 0.000315. The summed E-state index contributed by atoms with van der Waals surface area (Å²) >= 11 is 0. The third-order valence-electron chi connectivity index (χ3n) is 18.7. The molecule has 5 saturated heterocycles. The number of ether oxygens (including phenoxy) is 5. The van der Waals surface area contributed by atoms with Crippen molar-refractivity contribution < 1.29 is 47.7 Å². The van der Waals surface area contributed by atoms with Crippen LogP contribution in [0.5, 0.6) is 0 Å². The van der Waals surface area contributed by atoms with Crippen LogP contribution in [0, 0.1) is 29.6 Å². The molecule has 5 fully saturated rings. The van der Waals surface area contributed by atoms with Gasteiger partial charge in [0.1, 0.15) is 0 Å². The van der Waals surface area contributed by atoms with Gasteiger partial charge in [0, 0.05) is 61.8 Å². The van der Waals surface area contributed by atoms with Crippen molar-refractivity contribution >= 4 is 29.8 Å². The zero-order valence-corrected chi connectivity index (χ0v) is 62.0. The number of hydrogen-bond donors (Lipinski definition) is 5. The lowest BCUT2D eigenvalue weighted by Crippen LogP contribution is -2.59. The summed E-state index contributed by atoms with van der Waals surface area (Å²) in [4.78, 5) is 62.5. The van der Waals surface area contributed by atoms with Crippen molar-refractivity contribution in [3.05, 3.63) is 0 Å². The molecule has 0 saturated carbocycles. The van der Waals surface area contributed by atoms with Crippen LogP contribution in [-0.4, -0.2) is 118 Å². The molecule has 5 heterocycles. The van der Waals surface area contributed by atoms with Gasteiger partial charge in [-0.3, -0.25) is 24.0 Å². The summed E-state index contributed by atoms with van der Waals surface area (Å²) in [7, 11) is 0. The summed E-state index contributed by atoms with van der Waals surface area (Å²) in [5, 5.41) is 18.0. The van der Waals surface area contributed by atoms with Gasteiger partial charge >= 0.3 is 29.8 Å². The van der Waals surface area contributed by atoms with Gasteiger partial charge in [0.05, 0.1) is 62.6 Å². The third kappa shape index (κ3) is 34.0. The van der Waals surface area contributed by atoms with Crippen molar-refractivity contribution in [3.63, 3.8) is 0 Å². The summed E-state index contributed by atoms with van der Waals surface area (Å²) in [6.07, 6.45) is 31.8. The molecule has 0 atom stereocenters. The Hall–Kier alpha value is -2.85. The van der Waals surface area contributed by atoms with Gasteiger partial charge in [0.2, 0.25) is 0 Å². The summed E-state index contributed by atoms with van der Waals surface area (Å²) < 4.78 is 27.7. The van der Waals surface area contributed by atoms with Crippen LogP contribution in [0.4, 0.5) is 0 Å². The molecule has 90 heavy (non-hydrogen) atoms. The minimum Gasteiger partial charge on any atom is -0.465 e. The number of esters is 5. The first-order valence-electron chi connectivity index (χ1n) is 36.3. The Morgan fingerprint density at radius 2 is 0.367 bits per heavy atom. The smallest absolute Gasteiger partial charge is 0.309 e. The summed E-state index contributed by atoms with van der Waals surface area (Å²) in [6.45, 7) is 47.0. The number of carbonyl (C=O) groups excluding carboxylic acids is 5. The Bertz CT molecular complexity index is 1980. The Labute approximate surface area is 551 Å². The lowest BCUT2D eigenvalue weighted by atomic mass is 9.76. The van der Waals surface area contributed by atoms with E-state index in [0.717, 1.165) is 70.6 Å². The molecule has 5 aliphatic rings. The van der Waals surface area contributed by atoms with Crippen LogP contribution in [0.15, 0.2) is 0 Å². The quantitative estimate of drug-likeness (QED) is 0.0250. The number of carbonyl (C=O) groups is 5. The molecule has 0 bridgehead atoms. The van der Waals surface area contributed by atoms with E-state index in [-0.39, 0.29) is 115 Å². The topological polar surface area (TPSA) is 192 Å². The maximum Gasteiger partial charge on any atom is 0.309 e. The predicted octanol–water partition coefficient (Wildman–Crippen LogP) is 15.9. The van der Waals surface area contributed by atoms with Crippen LogP contribution in [-0.2, 0) is 47.7 Å². The van der Waals surface area contributed by atoms with Gasteiger partial charge in [-0.25, -0.2) is 0 Å². The van der Waals surface area contributed by atoms with Crippen molar-refractivity contribution in [2.45, 2.75) is 387 Å². The molecular formula is C75H141N5O10. The molecule has 0 aromatic carbocycles. The second-order valence-corrected chi connectivity index (χ2v) is 35.2. The molecular weight excluding hydrogens is 1130 g/mol. The highest BCUT2D eigenvalue weighted by molar-refractivity contribution is 5.75. The standard InChI is InChI=1S/C28H55NO2.C24H44N2O4.C23H42N2O4/c1-6-7-8-9-10-11-12-13-14-15-16-17-18-19-20-21-22-31-26(30)25-23-27(2,3)29-28(4,5)24-25;1-21(2)13-17(14-22(3,4)25-21)19(27)29-11-9-10-12-30-20(28)18-15-23(5,6)26-24(7,8)16-18;1-20(2)12-16(13-21(3,4)24-20)18(26)28-10-9-11-29-19(27)17-14-22(5,6)25-23(7,8)15-17/h25,29H,6-24H2,1-5H3;17-18,25-26H,9-16H2,1-8H3;16-17,24-25H,9-15H2,1-8H3. The number of piperidine rings is 5. The first-order valence-corrected chi connectivity index (χ1v) is 36.3. The van der Waals surface area contributed by atoms with Gasteiger partial charge in [0.15, 0.2) is 0 Å². The van der Waals surface area contributed by atoms with Gasteiger partial charge in [-0.1, -0.05) is 103 Å². The first kappa shape index (κ1) is 81.4. The van der Waals surface area contributed by atoms with Crippen molar-refractivity contribution in [1.29, 1.82) is 0 Å². The molecule has 5 rings (SSSR count). The minimum atomic E-state index is -0.138. The van der Waals surface area contributed by atoms with Crippen LogP contribution >= 0.6 is 0 Å². The zero-order valence-electron chi connectivity index (χ0n) is 62.0. The molecule has 5 N–H and O–H groups in total. The molecule has 0 amide bonds. The van der Waals surface area contributed by atoms with E-state index in [1.807, 2.05) is 0 Å². The monoisotopic (exact) mass is 1270 g/mol. The molecule has 15 nitrogen and oxygen atoms in total. The van der Waals surface area contributed by atoms with E-state index in [1.54, 1.807) is 0 Å². The van der Waals surface area contributed by atoms with Gasteiger partial charge in [-0.2, -0.15) is 0 Å². The normalized spacial score (nSPS) is 23.1. The van der Waals surface area contributed by atoms with Crippen LogP contribution < -0.4 is 26.6 Å².